The molecule has 0 saturated carbocycles. The minimum atomic E-state index is -0.350. The number of hydrogen-bond donors (Lipinski definition) is 1. The Labute approximate surface area is 142 Å². The Morgan fingerprint density at radius 1 is 1.04 bits per heavy atom. The lowest BCUT2D eigenvalue weighted by Gasteiger charge is -2.15. The number of hydrogen-bond acceptors (Lipinski definition) is 4. The van der Waals surface area contributed by atoms with Crippen LogP contribution in [0.4, 0.5) is 0 Å². The number of nitrogens with one attached hydrogen (secondary N) is 1. The molecule has 0 aliphatic carbocycles. The summed E-state index contributed by atoms with van der Waals surface area (Å²) in [7, 11) is 1.37. The maximum atomic E-state index is 11.4. The fourth-order valence-corrected chi connectivity index (χ4v) is 2.71. The molecule has 4 heteroatoms. The van der Waals surface area contributed by atoms with Gasteiger partial charge in [-0.05, 0) is 67.9 Å². The molecule has 1 N–H and O–H groups in total. The van der Waals surface area contributed by atoms with Crippen molar-refractivity contribution in [1.82, 2.24) is 5.32 Å². The minimum absolute atomic E-state index is 0.350. The van der Waals surface area contributed by atoms with Gasteiger partial charge in [0.1, 0.15) is 11.5 Å². The molecule has 0 atom stereocenters. The molecule has 0 unspecified atom stereocenters. The van der Waals surface area contributed by atoms with Crippen molar-refractivity contribution in [3.63, 3.8) is 0 Å². The summed E-state index contributed by atoms with van der Waals surface area (Å²) in [5.74, 6) is 1.12. The van der Waals surface area contributed by atoms with Crippen molar-refractivity contribution in [2.45, 2.75) is 12.8 Å². The van der Waals surface area contributed by atoms with Crippen molar-refractivity contribution in [3.05, 3.63) is 65.2 Å². The van der Waals surface area contributed by atoms with Crippen LogP contribution in [0.25, 0.3) is 6.08 Å². The van der Waals surface area contributed by atoms with E-state index in [2.05, 4.69) is 17.5 Å². The van der Waals surface area contributed by atoms with Crippen molar-refractivity contribution in [2.75, 3.05) is 20.2 Å². The third kappa shape index (κ3) is 4.24. The Hall–Kier alpha value is -2.59. The van der Waals surface area contributed by atoms with E-state index in [9.17, 15) is 4.79 Å². The highest BCUT2D eigenvalue weighted by molar-refractivity contribution is 5.89. The quantitative estimate of drug-likeness (QED) is 0.863. The molecule has 1 fully saturated rings. The lowest BCUT2D eigenvalue weighted by atomic mass is 10.0. The second kappa shape index (κ2) is 7.79. The molecule has 0 radical (unpaired) electrons. The van der Waals surface area contributed by atoms with Crippen LogP contribution in [0.2, 0.25) is 0 Å². The SMILES string of the molecule is COC(=O)c1ccc(Oc2cccc(C=C3CCNCC3)c2)cc1. The predicted octanol–water partition coefficient (Wildman–Crippen LogP) is 4.03. The second-order valence-corrected chi connectivity index (χ2v) is 5.74. The number of carbonyl (C=O) groups is 1. The van der Waals surface area contributed by atoms with Crippen LogP contribution in [0.1, 0.15) is 28.8 Å². The first-order chi connectivity index (χ1) is 11.7. The van der Waals surface area contributed by atoms with Crippen LogP contribution in [0, 0.1) is 0 Å². The Morgan fingerprint density at radius 3 is 2.50 bits per heavy atom. The molecule has 1 aliphatic heterocycles. The van der Waals surface area contributed by atoms with Gasteiger partial charge in [-0.1, -0.05) is 23.8 Å². The van der Waals surface area contributed by atoms with Crippen LogP contribution in [-0.4, -0.2) is 26.2 Å². The predicted molar refractivity (Wildman–Crippen MR) is 94.4 cm³/mol. The first kappa shape index (κ1) is 16.3. The van der Waals surface area contributed by atoms with Crippen molar-refractivity contribution in [2.24, 2.45) is 0 Å². The molecule has 24 heavy (non-hydrogen) atoms. The van der Waals surface area contributed by atoms with Crippen LogP contribution in [0.5, 0.6) is 11.5 Å². The van der Waals surface area contributed by atoms with Gasteiger partial charge in [0.2, 0.25) is 0 Å². The zero-order valence-corrected chi connectivity index (χ0v) is 13.7. The van der Waals surface area contributed by atoms with Crippen LogP contribution >= 0.6 is 0 Å². The molecule has 0 bridgehead atoms. The van der Waals surface area contributed by atoms with E-state index in [1.54, 1.807) is 24.3 Å². The largest absolute Gasteiger partial charge is 0.465 e. The zero-order chi connectivity index (χ0) is 16.8. The molecular weight excluding hydrogens is 302 g/mol. The van der Waals surface area contributed by atoms with E-state index in [0.717, 1.165) is 37.2 Å². The van der Waals surface area contributed by atoms with Crippen LogP contribution in [0.15, 0.2) is 54.1 Å². The normalized spacial score (nSPS) is 14.1. The molecule has 3 rings (SSSR count). The summed E-state index contributed by atoms with van der Waals surface area (Å²) in [5, 5.41) is 3.36. The van der Waals surface area contributed by atoms with Crippen molar-refractivity contribution < 1.29 is 14.3 Å². The van der Waals surface area contributed by atoms with Gasteiger partial charge in [-0.25, -0.2) is 4.79 Å². The van der Waals surface area contributed by atoms with Crippen molar-refractivity contribution in [1.29, 1.82) is 0 Å². The molecule has 4 nitrogen and oxygen atoms in total. The minimum Gasteiger partial charge on any atom is -0.465 e. The van der Waals surface area contributed by atoms with Gasteiger partial charge in [0.25, 0.3) is 0 Å². The average Bonchev–Trinajstić information content (AvgIpc) is 2.63. The summed E-state index contributed by atoms with van der Waals surface area (Å²) in [5.41, 5.74) is 3.12. The number of esters is 1. The number of piperidine rings is 1. The maximum absolute atomic E-state index is 11.4. The summed E-state index contributed by atoms with van der Waals surface area (Å²) in [6.07, 6.45) is 4.44. The van der Waals surface area contributed by atoms with E-state index in [0.29, 0.717) is 11.3 Å². The number of rotatable bonds is 4. The van der Waals surface area contributed by atoms with E-state index in [1.807, 2.05) is 18.2 Å². The van der Waals surface area contributed by atoms with Gasteiger partial charge in [0.05, 0.1) is 12.7 Å². The Bertz CT molecular complexity index is 727. The Balaban J connectivity index is 1.71. The number of ether oxygens (including phenoxy) is 2. The molecule has 2 aromatic carbocycles. The topological polar surface area (TPSA) is 47.6 Å². The highest BCUT2D eigenvalue weighted by Crippen LogP contribution is 2.24. The molecule has 1 heterocycles. The molecular formula is C20H21NO3. The summed E-state index contributed by atoms with van der Waals surface area (Å²) < 4.78 is 10.6. The van der Waals surface area contributed by atoms with Crippen LogP contribution in [-0.2, 0) is 4.74 Å². The van der Waals surface area contributed by atoms with Crippen LogP contribution < -0.4 is 10.1 Å². The monoisotopic (exact) mass is 323 g/mol. The van der Waals surface area contributed by atoms with Gasteiger partial charge in [0.15, 0.2) is 0 Å². The average molecular weight is 323 g/mol. The van der Waals surface area contributed by atoms with Gasteiger partial charge >= 0.3 is 5.97 Å². The van der Waals surface area contributed by atoms with Gasteiger partial charge in [-0.3, -0.25) is 0 Å². The molecule has 0 aromatic heterocycles. The van der Waals surface area contributed by atoms with E-state index in [4.69, 9.17) is 9.47 Å². The molecule has 0 amide bonds. The van der Waals surface area contributed by atoms with E-state index >= 15 is 0 Å². The maximum Gasteiger partial charge on any atom is 0.337 e. The standard InChI is InChI=1S/C20H21NO3/c1-23-20(22)17-5-7-18(8-6-17)24-19-4-2-3-16(14-19)13-15-9-11-21-12-10-15/h2-8,13-14,21H,9-12H2,1H3. The summed E-state index contributed by atoms with van der Waals surface area (Å²) >= 11 is 0. The van der Waals surface area contributed by atoms with Crippen molar-refractivity contribution >= 4 is 12.0 Å². The summed E-state index contributed by atoms with van der Waals surface area (Å²) in [4.78, 5) is 11.4. The van der Waals surface area contributed by atoms with E-state index in [1.165, 1.54) is 12.7 Å². The number of benzene rings is 2. The van der Waals surface area contributed by atoms with Crippen LogP contribution in [0.3, 0.4) is 0 Å². The summed E-state index contributed by atoms with van der Waals surface area (Å²) in [6.45, 7) is 2.10. The van der Waals surface area contributed by atoms with Gasteiger partial charge in [-0.15, -0.1) is 0 Å². The highest BCUT2D eigenvalue weighted by atomic mass is 16.5. The second-order valence-electron chi connectivity index (χ2n) is 5.74. The Morgan fingerprint density at radius 2 is 1.79 bits per heavy atom. The molecule has 1 saturated heterocycles. The third-order valence-electron chi connectivity index (χ3n) is 3.99. The molecule has 0 spiro atoms. The smallest absolute Gasteiger partial charge is 0.337 e. The first-order valence-electron chi connectivity index (χ1n) is 8.11. The fourth-order valence-electron chi connectivity index (χ4n) is 2.71. The van der Waals surface area contributed by atoms with Gasteiger partial charge in [0, 0.05) is 0 Å². The zero-order valence-electron chi connectivity index (χ0n) is 13.7. The number of carbonyl (C=O) groups excluding carboxylic acids is 1. The third-order valence-corrected chi connectivity index (χ3v) is 3.99. The highest BCUT2D eigenvalue weighted by Gasteiger charge is 2.06. The van der Waals surface area contributed by atoms with Gasteiger partial charge in [-0.2, -0.15) is 0 Å². The van der Waals surface area contributed by atoms with Crippen molar-refractivity contribution in [3.8, 4) is 11.5 Å². The summed E-state index contributed by atoms with van der Waals surface area (Å²) in [6, 6.07) is 15.0. The van der Waals surface area contributed by atoms with E-state index in [-0.39, 0.29) is 5.97 Å². The number of methoxy groups -OCH3 is 1. The molecule has 124 valence electrons. The van der Waals surface area contributed by atoms with E-state index < -0.39 is 0 Å². The Kier molecular flexibility index (Phi) is 5.29. The van der Waals surface area contributed by atoms with Gasteiger partial charge < -0.3 is 14.8 Å². The molecule has 1 aliphatic rings. The lowest BCUT2D eigenvalue weighted by molar-refractivity contribution is 0.0600. The fraction of sp³-hybridized carbons (Fsp3) is 0.250. The lowest BCUT2D eigenvalue weighted by Crippen LogP contribution is -2.22. The molecule has 2 aromatic rings. The first-order valence-corrected chi connectivity index (χ1v) is 8.11.